The minimum atomic E-state index is -0.382. The van der Waals surface area contributed by atoms with Crippen molar-refractivity contribution in [1.29, 1.82) is 0 Å². The summed E-state index contributed by atoms with van der Waals surface area (Å²) in [5, 5.41) is 11.9. The van der Waals surface area contributed by atoms with Crippen LogP contribution in [0.15, 0.2) is 30.3 Å². The minimum absolute atomic E-state index is 0.160. The maximum Gasteiger partial charge on any atom is 0.321 e. The Morgan fingerprint density at radius 2 is 2.06 bits per heavy atom. The molecular weight excluding hydrogens is 204 g/mol. The van der Waals surface area contributed by atoms with Crippen LogP contribution in [0.1, 0.15) is 13.3 Å². The number of hydrogen-bond acceptors (Lipinski definition) is 2. The van der Waals surface area contributed by atoms with Crippen LogP contribution in [0, 0.1) is 0 Å². The van der Waals surface area contributed by atoms with E-state index < -0.39 is 0 Å². The van der Waals surface area contributed by atoms with Crippen molar-refractivity contribution in [3.8, 4) is 0 Å². The van der Waals surface area contributed by atoms with Crippen LogP contribution in [0.25, 0.3) is 0 Å². The lowest BCUT2D eigenvalue weighted by Crippen LogP contribution is -2.33. The molecule has 4 heteroatoms. The lowest BCUT2D eigenvalue weighted by atomic mass is 10.3. The summed E-state index contributed by atoms with van der Waals surface area (Å²) < 4.78 is 0. The second-order valence-corrected chi connectivity index (χ2v) is 3.86. The number of carbonyl (C=O) groups excluding carboxylic acids is 1. The Morgan fingerprint density at radius 3 is 2.62 bits per heavy atom. The number of nitrogens with one attached hydrogen (secondary N) is 1. The van der Waals surface area contributed by atoms with Gasteiger partial charge in [0.1, 0.15) is 0 Å². The van der Waals surface area contributed by atoms with E-state index in [-0.39, 0.29) is 12.1 Å². The number of nitrogens with zero attached hydrogens (tertiary/aromatic N) is 1. The number of para-hydroxylation sites is 1. The molecule has 88 valence electrons. The molecule has 0 heterocycles. The second-order valence-electron chi connectivity index (χ2n) is 3.86. The summed E-state index contributed by atoms with van der Waals surface area (Å²) >= 11 is 0. The van der Waals surface area contributed by atoms with Gasteiger partial charge in [-0.2, -0.15) is 0 Å². The van der Waals surface area contributed by atoms with Gasteiger partial charge in [-0.3, -0.25) is 0 Å². The molecule has 0 spiro atoms. The van der Waals surface area contributed by atoms with E-state index in [4.69, 9.17) is 5.11 Å². The van der Waals surface area contributed by atoms with Crippen molar-refractivity contribution in [3.63, 3.8) is 0 Å². The number of aliphatic hydroxyl groups is 1. The highest BCUT2D eigenvalue weighted by Gasteiger charge is 2.08. The Labute approximate surface area is 95.9 Å². The van der Waals surface area contributed by atoms with Crippen LogP contribution >= 0.6 is 0 Å². The number of urea groups is 1. The third-order valence-corrected chi connectivity index (χ3v) is 2.25. The number of carbonyl (C=O) groups is 1. The Morgan fingerprint density at radius 1 is 1.44 bits per heavy atom. The molecule has 0 saturated heterocycles. The van der Waals surface area contributed by atoms with Crippen LogP contribution in [0.5, 0.6) is 0 Å². The molecule has 0 aliphatic carbocycles. The van der Waals surface area contributed by atoms with E-state index >= 15 is 0 Å². The van der Waals surface area contributed by atoms with Crippen molar-refractivity contribution < 1.29 is 9.90 Å². The lowest BCUT2D eigenvalue weighted by Gasteiger charge is -2.18. The van der Waals surface area contributed by atoms with Crippen molar-refractivity contribution in [2.24, 2.45) is 0 Å². The van der Waals surface area contributed by atoms with Crippen molar-refractivity contribution >= 4 is 11.7 Å². The minimum Gasteiger partial charge on any atom is -0.393 e. The van der Waals surface area contributed by atoms with Crippen LogP contribution in [-0.2, 0) is 0 Å². The highest BCUT2D eigenvalue weighted by atomic mass is 16.3. The molecule has 0 aliphatic heterocycles. The summed E-state index contributed by atoms with van der Waals surface area (Å²) in [5.74, 6) is 0. The molecule has 1 atom stereocenters. The Hall–Kier alpha value is -1.55. The van der Waals surface area contributed by atoms with Gasteiger partial charge in [0, 0.05) is 19.3 Å². The Kier molecular flexibility index (Phi) is 4.79. The van der Waals surface area contributed by atoms with E-state index in [1.165, 1.54) is 0 Å². The molecule has 16 heavy (non-hydrogen) atoms. The van der Waals surface area contributed by atoms with E-state index in [2.05, 4.69) is 5.32 Å². The maximum absolute atomic E-state index is 11.7. The molecule has 0 fully saturated rings. The molecule has 4 nitrogen and oxygen atoms in total. The molecule has 1 aromatic carbocycles. The van der Waals surface area contributed by atoms with Crippen LogP contribution in [-0.4, -0.2) is 35.7 Å². The van der Waals surface area contributed by atoms with Crippen molar-refractivity contribution in [1.82, 2.24) is 4.90 Å². The molecule has 2 amide bonds. The second kappa shape index (κ2) is 6.12. The molecule has 0 aliphatic rings. The van der Waals surface area contributed by atoms with Gasteiger partial charge < -0.3 is 15.3 Å². The van der Waals surface area contributed by atoms with Gasteiger partial charge in [0.25, 0.3) is 0 Å². The molecule has 0 radical (unpaired) electrons. The van der Waals surface area contributed by atoms with Crippen LogP contribution in [0.3, 0.4) is 0 Å². The summed E-state index contributed by atoms with van der Waals surface area (Å²) in [6.45, 7) is 2.25. The molecule has 1 rings (SSSR count). The zero-order valence-electron chi connectivity index (χ0n) is 9.68. The monoisotopic (exact) mass is 222 g/mol. The molecule has 0 saturated carbocycles. The summed E-state index contributed by atoms with van der Waals surface area (Å²) in [4.78, 5) is 13.2. The van der Waals surface area contributed by atoms with Crippen LogP contribution < -0.4 is 5.32 Å². The zero-order chi connectivity index (χ0) is 12.0. The van der Waals surface area contributed by atoms with Crippen molar-refractivity contribution in [3.05, 3.63) is 30.3 Å². The molecule has 1 aromatic rings. The fourth-order valence-electron chi connectivity index (χ4n) is 1.22. The number of hydrogen-bond donors (Lipinski definition) is 2. The van der Waals surface area contributed by atoms with E-state index in [1.807, 2.05) is 30.3 Å². The van der Waals surface area contributed by atoms with Crippen molar-refractivity contribution in [2.75, 3.05) is 18.9 Å². The molecule has 2 N–H and O–H groups in total. The van der Waals surface area contributed by atoms with Gasteiger partial charge in [-0.25, -0.2) is 4.79 Å². The van der Waals surface area contributed by atoms with Gasteiger partial charge in [-0.05, 0) is 25.5 Å². The average Bonchev–Trinajstić information content (AvgIpc) is 2.27. The van der Waals surface area contributed by atoms with Crippen LogP contribution in [0.4, 0.5) is 10.5 Å². The standard InChI is InChI=1S/C12H18N2O2/c1-10(15)8-9-14(2)12(16)13-11-6-4-3-5-7-11/h3-7,10,15H,8-9H2,1-2H3,(H,13,16). The fraction of sp³-hybridized carbons (Fsp3) is 0.417. The highest BCUT2D eigenvalue weighted by Crippen LogP contribution is 2.06. The predicted molar refractivity (Wildman–Crippen MR) is 64.4 cm³/mol. The number of aliphatic hydroxyl groups excluding tert-OH is 1. The number of rotatable bonds is 4. The van der Waals surface area contributed by atoms with E-state index in [0.29, 0.717) is 13.0 Å². The largest absolute Gasteiger partial charge is 0.393 e. The third kappa shape index (κ3) is 4.31. The van der Waals surface area contributed by atoms with E-state index in [9.17, 15) is 4.79 Å². The van der Waals surface area contributed by atoms with Gasteiger partial charge >= 0.3 is 6.03 Å². The van der Waals surface area contributed by atoms with Gasteiger partial charge in [-0.1, -0.05) is 18.2 Å². The first-order valence-corrected chi connectivity index (χ1v) is 5.35. The first kappa shape index (κ1) is 12.5. The first-order chi connectivity index (χ1) is 7.59. The third-order valence-electron chi connectivity index (χ3n) is 2.25. The Bertz CT molecular complexity index is 325. The maximum atomic E-state index is 11.7. The number of amides is 2. The van der Waals surface area contributed by atoms with Gasteiger partial charge in [0.05, 0.1) is 6.10 Å². The average molecular weight is 222 g/mol. The Balaban J connectivity index is 2.40. The van der Waals surface area contributed by atoms with Gasteiger partial charge in [0.2, 0.25) is 0 Å². The first-order valence-electron chi connectivity index (χ1n) is 5.35. The smallest absolute Gasteiger partial charge is 0.321 e. The van der Waals surface area contributed by atoms with E-state index in [0.717, 1.165) is 5.69 Å². The number of benzene rings is 1. The quantitative estimate of drug-likeness (QED) is 0.817. The zero-order valence-corrected chi connectivity index (χ0v) is 9.68. The summed E-state index contributed by atoms with van der Waals surface area (Å²) in [6.07, 6.45) is 0.200. The number of anilines is 1. The van der Waals surface area contributed by atoms with Gasteiger partial charge in [-0.15, -0.1) is 0 Å². The lowest BCUT2D eigenvalue weighted by molar-refractivity contribution is 0.167. The molecule has 0 aromatic heterocycles. The topological polar surface area (TPSA) is 52.6 Å². The van der Waals surface area contributed by atoms with Crippen LogP contribution in [0.2, 0.25) is 0 Å². The molecule has 0 bridgehead atoms. The normalized spacial score (nSPS) is 11.9. The molecular formula is C12H18N2O2. The van der Waals surface area contributed by atoms with Crippen molar-refractivity contribution in [2.45, 2.75) is 19.4 Å². The predicted octanol–water partition coefficient (Wildman–Crippen LogP) is 1.92. The molecule has 1 unspecified atom stereocenters. The summed E-state index contributed by atoms with van der Waals surface area (Å²) in [5.41, 5.74) is 0.774. The van der Waals surface area contributed by atoms with Gasteiger partial charge in [0.15, 0.2) is 0 Å². The fourth-order valence-corrected chi connectivity index (χ4v) is 1.22. The SMILES string of the molecule is CC(O)CCN(C)C(=O)Nc1ccccc1. The summed E-state index contributed by atoms with van der Waals surface area (Å²) in [6, 6.07) is 9.14. The highest BCUT2D eigenvalue weighted by molar-refractivity contribution is 5.89. The van der Waals surface area contributed by atoms with E-state index in [1.54, 1.807) is 18.9 Å². The summed E-state index contributed by atoms with van der Waals surface area (Å²) in [7, 11) is 1.71.